The standard InChI is InChI=1S/C26H34N2O5/c1-5-32-23(29)19-28(18-21-14-10-7-11-15-21)24(30)22(27-25(31)33-26(2,3)4)17-16-20-12-8-6-9-13-20/h6-15,22H,5,16-19H2,1-4H3,(H,27,31)/t22-/m1/s1. The first-order chi connectivity index (χ1) is 15.7. The van der Waals surface area contributed by atoms with Crippen LogP contribution in [0.3, 0.4) is 0 Å². The zero-order chi connectivity index (χ0) is 24.3. The molecule has 2 aromatic carbocycles. The van der Waals surface area contributed by atoms with Gasteiger partial charge in [-0.15, -0.1) is 0 Å². The van der Waals surface area contributed by atoms with Gasteiger partial charge in [-0.05, 0) is 51.7 Å². The third-order valence-corrected chi connectivity index (χ3v) is 4.71. The molecule has 2 rings (SSSR count). The summed E-state index contributed by atoms with van der Waals surface area (Å²) in [5.41, 5.74) is 1.21. The normalized spacial score (nSPS) is 11.9. The van der Waals surface area contributed by atoms with Crippen molar-refractivity contribution in [1.82, 2.24) is 10.2 Å². The van der Waals surface area contributed by atoms with Gasteiger partial charge in [-0.3, -0.25) is 9.59 Å². The van der Waals surface area contributed by atoms with Crippen LogP contribution in [0, 0.1) is 0 Å². The summed E-state index contributed by atoms with van der Waals surface area (Å²) in [6.45, 7) is 7.23. The number of ether oxygens (including phenoxy) is 2. The van der Waals surface area contributed by atoms with Crippen LogP contribution in [0.15, 0.2) is 60.7 Å². The Balaban J connectivity index is 2.23. The van der Waals surface area contributed by atoms with Gasteiger partial charge >= 0.3 is 12.1 Å². The van der Waals surface area contributed by atoms with Gasteiger partial charge in [-0.1, -0.05) is 60.7 Å². The van der Waals surface area contributed by atoms with Crippen LogP contribution in [0.1, 0.15) is 45.2 Å². The summed E-state index contributed by atoms with van der Waals surface area (Å²) in [6.07, 6.45) is 0.256. The maximum Gasteiger partial charge on any atom is 0.408 e. The fraction of sp³-hybridized carbons (Fsp3) is 0.423. The van der Waals surface area contributed by atoms with E-state index in [1.165, 1.54) is 4.90 Å². The van der Waals surface area contributed by atoms with Crippen LogP contribution in [0.2, 0.25) is 0 Å². The van der Waals surface area contributed by atoms with Crippen molar-refractivity contribution in [2.24, 2.45) is 0 Å². The molecule has 0 aliphatic carbocycles. The third-order valence-electron chi connectivity index (χ3n) is 4.71. The summed E-state index contributed by atoms with van der Waals surface area (Å²) in [5, 5.41) is 2.71. The van der Waals surface area contributed by atoms with Crippen molar-refractivity contribution in [3.63, 3.8) is 0 Å². The number of carbonyl (C=O) groups excluding carboxylic acids is 3. The molecule has 2 aromatic rings. The number of carbonyl (C=O) groups is 3. The second kappa shape index (κ2) is 12.6. The van der Waals surface area contributed by atoms with Gasteiger partial charge in [-0.2, -0.15) is 0 Å². The van der Waals surface area contributed by atoms with E-state index < -0.39 is 23.7 Å². The lowest BCUT2D eigenvalue weighted by Gasteiger charge is -2.28. The molecule has 7 heteroatoms. The molecule has 0 saturated carbocycles. The van der Waals surface area contributed by atoms with E-state index >= 15 is 0 Å². The van der Waals surface area contributed by atoms with Gasteiger partial charge in [0.25, 0.3) is 0 Å². The van der Waals surface area contributed by atoms with Crippen molar-refractivity contribution in [2.75, 3.05) is 13.2 Å². The molecule has 2 amide bonds. The number of rotatable bonds is 10. The minimum Gasteiger partial charge on any atom is -0.465 e. The Labute approximate surface area is 196 Å². The number of hydrogen-bond acceptors (Lipinski definition) is 5. The van der Waals surface area contributed by atoms with Gasteiger partial charge in [0.05, 0.1) is 6.61 Å². The Kier molecular flexibility index (Phi) is 9.91. The highest BCUT2D eigenvalue weighted by Gasteiger charge is 2.29. The average Bonchev–Trinajstić information content (AvgIpc) is 2.76. The topological polar surface area (TPSA) is 84.9 Å². The molecule has 1 atom stereocenters. The van der Waals surface area contributed by atoms with Crippen molar-refractivity contribution in [2.45, 2.75) is 58.7 Å². The Hall–Kier alpha value is -3.35. The molecule has 0 saturated heterocycles. The Bertz CT molecular complexity index is 894. The molecule has 1 N–H and O–H groups in total. The van der Waals surface area contributed by atoms with Crippen molar-refractivity contribution in [3.05, 3.63) is 71.8 Å². The fourth-order valence-electron chi connectivity index (χ4n) is 3.26. The van der Waals surface area contributed by atoms with Gasteiger partial charge in [-0.25, -0.2) is 4.79 Å². The lowest BCUT2D eigenvalue weighted by Crippen LogP contribution is -2.51. The Morgan fingerprint density at radius 2 is 1.52 bits per heavy atom. The number of amides is 2. The number of esters is 1. The number of hydrogen-bond donors (Lipinski definition) is 1. The van der Waals surface area contributed by atoms with Gasteiger partial charge in [0.2, 0.25) is 5.91 Å². The summed E-state index contributed by atoms with van der Waals surface area (Å²) in [6, 6.07) is 18.2. The van der Waals surface area contributed by atoms with E-state index in [2.05, 4.69) is 5.32 Å². The minimum atomic E-state index is -0.863. The first-order valence-electron chi connectivity index (χ1n) is 11.2. The predicted octanol–water partition coefficient (Wildman–Crippen LogP) is 4.10. The molecule has 0 aliphatic rings. The highest BCUT2D eigenvalue weighted by molar-refractivity contribution is 5.88. The molecule has 33 heavy (non-hydrogen) atoms. The van der Waals surface area contributed by atoms with Crippen LogP contribution >= 0.6 is 0 Å². The van der Waals surface area contributed by atoms with E-state index in [1.807, 2.05) is 60.7 Å². The fourth-order valence-corrected chi connectivity index (χ4v) is 3.26. The van der Waals surface area contributed by atoms with Gasteiger partial charge < -0.3 is 19.7 Å². The summed E-state index contributed by atoms with van der Waals surface area (Å²) >= 11 is 0. The van der Waals surface area contributed by atoms with Crippen LogP contribution in [0.5, 0.6) is 0 Å². The summed E-state index contributed by atoms with van der Waals surface area (Å²) in [7, 11) is 0. The van der Waals surface area contributed by atoms with E-state index in [4.69, 9.17) is 9.47 Å². The van der Waals surface area contributed by atoms with E-state index in [9.17, 15) is 14.4 Å². The number of nitrogens with one attached hydrogen (secondary N) is 1. The molecule has 0 unspecified atom stereocenters. The second-order valence-corrected chi connectivity index (χ2v) is 8.71. The monoisotopic (exact) mass is 454 g/mol. The molecule has 0 radical (unpaired) electrons. The first kappa shape index (κ1) is 25.9. The zero-order valence-electron chi connectivity index (χ0n) is 19.9. The number of nitrogens with zero attached hydrogens (tertiary/aromatic N) is 1. The van der Waals surface area contributed by atoms with Crippen molar-refractivity contribution < 1.29 is 23.9 Å². The smallest absolute Gasteiger partial charge is 0.408 e. The van der Waals surface area contributed by atoms with E-state index in [1.54, 1.807) is 27.7 Å². The molecule has 7 nitrogen and oxygen atoms in total. The van der Waals surface area contributed by atoms with Crippen LogP contribution in [0.4, 0.5) is 4.79 Å². The van der Waals surface area contributed by atoms with Gasteiger partial charge in [0, 0.05) is 6.54 Å². The Morgan fingerprint density at radius 1 is 0.939 bits per heavy atom. The number of benzene rings is 2. The molecule has 0 bridgehead atoms. The molecule has 0 spiro atoms. The van der Waals surface area contributed by atoms with E-state index in [0.717, 1.165) is 11.1 Å². The van der Waals surface area contributed by atoms with Crippen molar-refractivity contribution >= 4 is 18.0 Å². The van der Waals surface area contributed by atoms with E-state index in [-0.39, 0.29) is 25.6 Å². The molecule has 0 heterocycles. The van der Waals surface area contributed by atoms with Crippen molar-refractivity contribution in [3.8, 4) is 0 Å². The molecule has 0 fully saturated rings. The second-order valence-electron chi connectivity index (χ2n) is 8.71. The molecule has 0 aliphatic heterocycles. The largest absolute Gasteiger partial charge is 0.465 e. The Morgan fingerprint density at radius 3 is 2.06 bits per heavy atom. The highest BCUT2D eigenvalue weighted by Crippen LogP contribution is 2.13. The number of alkyl carbamates (subject to hydrolysis) is 1. The lowest BCUT2D eigenvalue weighted by molar-refractivity contribution is -0.150. The zero-order valence-corrected chi connectivity index (χ0v) is 19.9. The quantitative estimate of drug-likeness (QED) is 0.546. The van der Waals surface area contributed by atoms with Gasteiger partial charge in [0.1, 0.15) is 18.2 Å². The minimum absolute atomic E-state index is 0.209. The van der Waals surface area contributed by atoms with Crippen LogP contribution in [0.25, 0.3) is 0 Å². The molecular formula is C26H34N2O5. The van der Waals surface area contributed by atoms with Crippen LogP contribution in [-0.4, -0.2) is 47.7 Å². The maximum atomic E-state index is 13.6. The van der Waals surface area contributed by atoms with E-state index in [0.29, 0.717) is 12.8 Å². The van der Waals surface area contributed by atoms with Crippen LogP contribution in [-0.2, 0) is 32.0 Å². The van der Waals surface area contributed by atoms with Crippen molar-refractivity contribution in [1.29, 1.82) is 0 Å². The SMILES string of the molecule is CCOC(=O)CN(Cc1ccccc1)C(=O)[C@@H](CCc1ccccc1)NC(=O)OC(C)(C)C. The van der Waals surface area contributed by atoms with Gasteiger partial charge in [0.15, 0.2) is 0 Å². The molecular weight excluding hydrogens is 420 g/mol. The average molecular weight is 455 g/mol. The molecule has 178 valence electrons. The molecule has 0 aromatic heterocycles. The summed E-state index contributed by atoms with van der Waals surface area (Å²) in [4.78, 5) is 39.7. The lowest BCUT2D eigenvalue weighted by atomic mass is 10.0. The maximum absolute atomic E-state index is 13.6. The van der Waals surface area contributed by atoms with Crippen LogP contribution < -0.4 is 5.32 Å². The summed E-state index contributed by atoms with van der Waals surface area (Å²) < 4.78 is 10.4. The first-order valence-corrected chi connectivity index (χ1v) is 11.2. The highest BCUT2D eigenvalue weighted by atomic mass is 16.6. The third kappa shape index (κ3) is 9.76. The number of aryl methyl sites for hydroxylation is 1. The predicted molar refractivity (Wildman–Crippen MR) is 126 cm³/mol. The summed E-state index contributed by atoms with van der Waals surface area (Å²) in [5.74, 6) is -0.866.